The molecule has 0 radical (unpaired) electrons. The summed E-state index contributed by atoms with van der Waals surface area (Å²) in [5, 5.41) is 3.68. The van der Waals surface area contributed by atoms with Crippen LogP contribution in [0.3, 0.4) is 0 Å². The van der Waals surface area contributed by atoms with Crippen LogP contribution in [0.2, 0.25) is 0 Å². The summed E-state index contributed by atoms with van der Waals surface area (Å²) in [5.41, 5.74) is 0. The van der Waals surface area contributed by atoms with Crippen LogP contribution in [0.5, 0.6) is 0 Å². The number of rotatable bonds is 4. The molecule has 0 atom stereocenters. The average Bonchev–Trinajstić information content (AvgIpc) is 1.95. The SMILES string of the molecule is NS(=O)(=O)OC(F)(F)C(F)(F)C(F)(F)C(F)(F)F. The Labute approximate surface area is 92.7 Å². The van der Waals surface area contributed by atoms with Gasteiger partial charge in [-0.3, -0.25) is 0 Å². The van der Waals surface area contributed by atoms with Gasteiger partial charge in [0.2, 0.25) is 0 Å². The molecule has 0 unspecified atom stereocenters. The lowest BCUT2D eigenvalue weighted by molar-refractivity contribution is -0.428. The zero-order chi connectivity index (χ0) is 15.2. The highest BCUT2D eigenvalue weighted by Gasteiger charge is 2.83. The highest BCUT2D eigenvalue weighted by Crippen LogP contribution is 2.53. The summed E-state index contributed by atoms with van der Waals surface area (Å²) >= 11 is 0. The number of alkyl halides is 9. The van der Waals surface area contributed by atoms with Crippen molar-refractivity contribution in [3.05, 3.63) is 0 Å². The van der Waals surface area contributed by atoms with Crippen LogP contribution in [0.25, 0.3) is 0 Å². The van der Waals surface area contributed by atoms with Crippen molar-refractivity contribution in [2.75, 3.05) is 0 Å². The molecule has 0 bridgehead atoms. The Balaban J connectivity index is 5.64. The Kier molecular flexibility index (Phi) is 3.95. The third kappa shape index (κ3) is 2.97. The van der Waals surface area contributed by atoms with Crippen molar-refractivity contribution in [1.29, 1.82) is 0 Å². The van der Waals surface area contributed by atoms with Crippen molar-refractivity contribution in [1.82, 2.24) is 0 Å². The molecule has 18 heavy (non-hydrogen) atoms. The van der Waals surface area contributed by atoms with Gasteiger partial charge in [-0.05, 0) is 0 Å². The molecular formula is C4H2F9NO3S. The van der Waals surface area contributed by atoms with Crippen molar-refractivity contribution < 1.29 is 52.1 Å². The zero-order valence-electron chi connectivity index (χ0n) is 7.61. The van der Waals surface area contributed by atoms with Crippen molar-refractivity contribution in [2.45, 2.75) is 24.1 Å². The molecule has 0 spiro atoms. The summed E-state index contributed by atoms with van der Waals surface area (Å²) in [6, 6.07) is 0. The van der Waals surface area contributed by atoms with Gasteiger partial charge in [-0.2, -0.15) is 52.1 Å². The smallest absolute Gasteiger partial charge is 0.205 e. The molecule has 0 aliphatic rings. The fourth-order valence-corrected chi connectivity index (χ4v) is 0.955. The minimum atomic E-state index is -7.24. The van der Waals surface area contributed by atoms with Gasteiger partial charge in [0.25, 0.3) is 0 Å². The lowest BCUT2D eigenvalue weighted by Crippen LogP contribution is -2.62. The van der Waals surface area contributed by atoms with Crippen molar-refractivity contribution in [3.8, 4) is 0 Å². The second-order valence-electron chi connectivity index (χ2n) is 2.74. The number of hydrogen-bond acceptors (Lipinski definition) is 3. The summed E-state index contributed by atoms with van der Waals surface area (Å²) in [6.07, 6.45) is -13.8. The van der Waals surface area contributed by atoms with E-state index in [1.807, 2.05) is 0 Å². The molecule has 0 fully saturated rings. The standard InChI is InChI=1S/C4H2F9NO3S/c5-1(6,3(9,10)11)2(7,8)4(12,13)17-18(14,15)16/h(H2,14,15,16). The maximum Gasteiger partial charge on any atom is 0.460 e. The second kappa shape index (κ2) is 4.12. The van der Waals surface area contributed by atoms with Gasteiger partial charge in [0.1, 0.15) is 0 Å². The van der Waals surface area contributed by atoms with Crippen molar-refractivity contribution >= 4 is 10.3 Å². The Morgan fingerprint density at radius 1 is 0.778 bits per heavy atom. The summed E-state index contributed by atoms with van der Waals surface area (Å²) in [6.45, 7) is 0. The van der Waals surface area contributed by atoms with E-state index < -0.39 is 34.4 Å². The first-order valence-corrected chi connectivity index (χ1v) is 4.86. The first-order chi connectivity index (χ1) is 7.46. The maximum atomic E-state index is 12.3. The third-order valence-corrected chi connectivity index (χ3v) is 1.78. The summed E-state index contributed by atoms with van der Waals surface area (Å²) in [5.74, 6) is -14.4. The second-order valence-corrected chi connectivity index (χ2v) is 3.89. The van der Waals surface area contributed by atoms with Crippen LogP contribution in [0.1, 0.15) is 0 Å². The number of halogens is 9. The van der Waals surface area contributed by atoms with Crippen LogP contribution in [0, 0.1) is 0 Å². The molecule has 0 aliphatic carbocycles. The molecule has 110 valence electrons. The minimum absolute atomic E-state index is 2.06. The van der Waals surface area contributed by atoms with E-state index in [4.69, 9.17) is 0 Å². The summed E-state index contributed by atoms with van der Waals surface area (Å²) in [7, 11) is -5.90. The first-order valence-electron chi connectivity index (χ1n) is 3.39. The lowest BCUT2D eigenvalue weighted by atomic mass is 10.1. The average molecular weight is 315 g/mol. The summed E-state index contributed by atoms with van der Waals surface area (Å²) in [4.78, 5) is 0. The van der Waals surface area contributed by atoms with Crippen LogP contribution in [0.4, 0.5) is 39.5 Å². The fraction of sp³-hybridized carbons (Fsp3) is 1.00. The van der Waals surface area contributed by atoms with E-state index in [1.165, 1.54) is 0 Å². The van der Waals surface area contributed by atoms with Gasteiger partial charge in [0.15, 0.2) is 0 Å². The molecular weight excluding hydrogens is 313 g/mol. The molecule has 4 nitrogen and oxygen atoms in total. The van der Waals surface area contributed by atoms with Gasteiger partial charge in [0, 0.05) is 0 Å². The molecule has 14 heteroatoms. The van der Waals surface area contributed by atoms with Gasteiger partial charge >= 0.3 is 34.4 Å². The lowest BCUT2D eigenvalue weighted by Gasteiger charge is -2.32. The highest BCUT2D eigenvalue weighted by molar-refractivity contribution is 7.84. The normalized spacial score (nSPS) is 15.9. The predicted octanol–water partition coefficient (Wildman–Crippen LogP) is 1.63. The van der Waals surface area contributed by atoms with Crippen LogP contribution in [-0.2, 0) is 14.5 Å². The topological polar surface area (TPSA) is 69.4 Å². The molecule has 0 aromatic rings. The molecule has 0 amide bonds. The molecule has 0 aromatic carbocycles. The van der Waals surface area contributed by atoms with Gasteiger partial charge in [-0.25, -0.2) is 5.14 Å². The van der Waals surface area contributed by atoms with Gasteiger partial charge in [-0.15, -0.1) is 0 Å². The van der Waals surface area contributed by atoms with E-state index >= 15 is 0 Å². The van der Waals surface area contributed by atoms with E-state index in [0.29, 0.717) is 0 Å². The molecule has 0 aromatic heterocycles. The van der Waals surface area contributed by atoms with E-state index in [0.717, 1.165) is 0 Å². The van der Waals surface area contributed by atoms with E-state index in [9.17, 15) is 47.9 Å². The summed E-state index contributed by atoms with van der Waals surface area (Å²) < 4.78 is 130. The van der Waals surface area contributed by atoms with Crippen LogP contribution < -0.4 is 5.14 Å². The first kappa shape index (κ1) is 17.2. The fourth-order valence-electron chi connectivity index (χ4n) is 0.559. The Morgan fingerprint density at radius 2 is 1.11 bits per heavy atom. The molecule has 0 saturated heterocycles. The van der Waals surface area contributed by atoms with Crippen molar-refractivity contribution in [2.24, 2.45) is 5.14 Å². The number of hydrogen-bond donors (Lipinski definition) is 1. The largest absolute Gasteiger partial charge is 0.460 e. The van der Waals surface area contributed by atoms with Gasteiger partial charge in [0.05, 0.1) is 0 Å². The molecule has 0 heterocycles. The zero-order valence-corrected chi connectivity index (χ0v) is 8.43. The number of nitrogens with two attached hydrogens (primary N) is 1. The van der Waals surface area contributed by atoms with E-state index in [2.05, 4.69) is 9.32 Å². The minimum Gasteiger partial charge on any atom is -0.205 e. The third-order valence-electron chi connectivity index (χ3n) is 1.34. The van der Waals surface area contributed by atoms with Gasteiger partial charge < -0.3 is 0 Å². The van der Waals surface area contributed by atoms with E-state index in [1.54, 1.807) is 0 Å². The Hall–Kier alpha value is -0.760. The van der Waals surface area contributed by atoms with Crippen molar-refractivity contribution in [3.63, 3.8) is 0 Å². The van der Waals surface area contributed by atoms with Gasteiger partial charge in [-0.1, -0.05) is 0 Å². The molecule has 0 aliphatic heterocycles. The predicted molar refractivity (Wildman–Crippen MR) is 35.1 cm³/mol. The van der Waals surface area contributed by atoms with E-state index in [-0.39, 0.29) is 0 Å². The Bertz CT molecular complexity index is 412. The van der Waals surface area contributed by atoms with Crippen LogP contribution in [0.15, 0.2) is 0 Å². The molecule has 0 rings (SSSR count). The quantitative estimate of drug-likeness (QED) is 0.802. The maximum absolute atomic E-state index is 12.3. The molecule has 2 N–H and O–H groups in total. The van der Waals surface area contributed by atoms with Crippen LogP contribution >= 0.6 is 0 Å². The highest BCUT2D eigenvalue weighted by atomic mass is 32.2. The van der Waals surface area contributed by atoms with Crippen LogP contribution in [-0.4, -0.2) is 32.5 Å². The molecule has 0 saturated carbocycles. The Morgan fingerprint density at radius 3 is 1.33 bits per heavy atom. The monoisotopic (exact) mass is 315 g/mol.